The molecule has 0 amide bonds. The van der Waals surface area contributed by atoms with Gasteiger partial charge in [-0.2, -0.15) is 0 Å². The van der Waals surface area contributed by atoms with Crippen LogP contribution in [0.4, 0.5) is 0 Å². The minimum absolute atomic E-state index is 0.355. The highest BCUT2D eigenvalue weighted by molar-refractivity contribution is 4.72. The largest absolute Gasteiger partial charge is 0.476 e. The van der Waals surface area contributed by atoms with Crippen molar-refractivity contribution in [2.75, 3.05) is 13.9 Å². The fourth-order valence-corrected chi connectivity index (χ4v) is 1.64. The summed E-state index contributed by atoms with van der Waals surface area (Å²) in [6.07, 6.45) is 15.9. The van der Waals surface area contributed by atoms with Crippen LogP contribution >= 0.6 is 0 Å². The Bertz CT molecular complexity index is 144. The molecule has 0 aliphatic rings. The topological polar surface area (TPSA) is 18.5 Å². The minimum atomic E-state index is 0.355. The highest BCUT2D eigenvalue weighted by Gasteiger charge is 1.90. The summed E-state index contributed by atoms with van der Waals surface area (Å²) in [6, 6.07) is 0. The number of allylic oxidation sites excluding steroid dienone is 1. The summed E-state index contributed by atoms with van der Waals surface area (Å²) in [4.78, 5) is 0. The van der Waals surface area contributed by atoms with Gasteiger partial charge in [0.05, 0.1) is 6.26 Å². The molecule has 0 N–H and O–H groups in total. The second-order valence-electron chi connectivity index (χ2n) is 4.21. The molecule has 0 aromatic heterocycles. The molecule has 0 rings (SSSR count). The molecule has 0 spiro atoms. The number of methoxy groups -OCH3 is 1. The summed E-state index contributed by atoms with van der Waals surface area (Å²) in [6.45, 7) is 2.62. The summed E-state index contributed by atoms with van der Waals surface area (Å²) < 4.78 is 9.81. The summed E-state index contributed by atoms with van der Waals surface area (Å²) in [5.74, 6) is 0. The molecule has 0 atom stereocenters. The number of unbranched alkanes of at least 4 members (excludes halogenated alkanes) is 8. The third kappa shape index (κ3) is 13.5. The Morgan fingerprint density at radius 1 is 0.875 bits per heavy atom. The van der Waals surface area contributed by atoms with E-state index in [1.807, 2.05) is 0 Å². The first kappa shape index (κ1) is 15.5. The van der Waals surface area contributed by atoms with E-state index in [1.54, 1.807) is 13.4 Å². The highest BCUT2D eigenvalue weighted by atomic mass is 16.7. The Labute approximate surface area is 101 Å². The van der Waals surface area contributed by atoms with Crippen molar-refractivity contribution in [2.45, 2.75) is 64.7 Å². The molecular weight excluding hydrogens is 200 g/mol. The average molecular weight is 228 g/mol. The number of ether oxygens (including phenoxy) is 2. The van der Waals surface area contributed by atoms with Crippen LogP contribution in [-0.2, 0) is 9.47 Å². The second-order valence-corrected chi connectivity index (χ2v) is 4.21. The molecule has 96 valence electrons. The van der Waals surface area contributed by atoms with E-state index in [4.69, 9.17) is 9.47 Å². The van der Waals surface area contributed by atoms with Crippen LogP contribution in [0.3, 0.4) is 0 Å². The number of rotatable bonds is 12. The predicted molar refractivity (Wildman–Crippen MR) is 69.3 cm³/mol. The van der Waals surface area contributed by atoms with Crippen molar-refractivity contribution >= 4 is 0 Å². The Kier molecular flexibility index (Phi) is 14.0. The van der Waals surface area contributed by atoms with E-state index >= 15 is 0 Å². The van der Waals surface area contributed by atoms with Gasteiger partial charge in [-0.1, -0.05) is 51.9 Å². The summed E-state index contributed by atoms with van der Waals surface area (Å²) >= 11 is 0. The van der Waals surface area contributed by atoms with E-state index in [0.717, 1.165) is 6.42 Å². The Morgan fingerprint density at radius 2 is 1.50 bits per heavy atom. The van der Waals surface area contributed by atoms with Crippen LogP contribution in [0, 0.1) is 0 Å². The summed E-state index contributed by atoms with van der Waals surface area (Å²) in [7, 11) is 1.63. The molecule has 0 saturated heterocycles. The fraction of sp³-hybridized carbons (Fsp3) is 0.857. The zero-order valence-corrected chi connectivity index (χ0v) is 11.0. The van der Waals surface area contributed by atoms with Gasteiger partial charge < -0.3 is 9.47 Å². The molecule has 0 radical (unpaired) electrons. The molecule has 2 heteroatoms. The van der Waals surface area contributed by atoms with E-state index in [9.17, 15) is 0 Å². The molecule has 0 aromatic rings. The van der Waals surface area contributed by atoms with Gasteiger partial charge in [0, 0.05) is 7.11 Å². The van der Waals surface area contributed by atoms with E-state index < -0.39 is 0 Å². The van der Waals surface area contributed by atoms with Crippen molar-refractivity contribution in [3.8, 4) is 0 Å². The maximum Gasteiger partial charge on any atom is 0.187 e. The second kappa shape index (κ2) is 14.5. The molecule has 16 heavy (non-hydrogen) atoms. The first-order chi connectivity index (χ1) is 7.91. The van der Waals surface area contributed by atoms with Gasteiger partial charge in [0.1, 0.15) is 0 Å². The van der Waals surface area contributed by atoms with Gasteiger partial charge in [0.15, 0.2) is 6.79 Å². The SMILES string of the molecule is CCCCCCCCCCC=COCOC. The first-order valence-electron chi connectivity index (χ1n) is 6.67. The van der Waals surface area contributed by atoms with Gasteiger partial charge in [0.25, 0.3) is 0 Å². The van der Waals surface area contributed by atoms with Gasteiger partial charge in [0.2, 0.25) is 0 Å². The molecule has 0 bridgehead atoms. The lowest BCUT2D eigenvalue weighted by Gasteiger charge is -2.00. The van der Waals surface area contributed by atoms with E-state index in [0.29, 0.717) is 6.79 Å². The average Bonchev–Trinajstić information content (AvgIpc) is 2.31. The maximum atomic E-state index is 5.05. The molecule has 0 saturated carbocycles. The quantitative estimate of drug-likeness (QED) is 0.275. The standard InChI is InChI=1S/C14H28O2/c1-3-4-5-6-7-8-9-10-11-12-13-16-14-15-2/h12-13H,3-11,14H2,1-2H3. The Hall–Kier alpha value is -0.500. The van der Waals surface area contributed by atoms with Crippen molar-refractivity contribution in [2.24, 2.45) is 0 Å². The van der Waals surface area contributed by atoms with E-state index in [1.165, 1.54) is 51.4 Å². The van der Waals surface area contributed by atoms with Gasteiger partial charge in [-0.05, 0) is 18.9 Å². The third-order valence-corrected chi connectivity index (χ3v) is 2.60. The molecule has 0 aromatic carbocycles. The van der Waals surface area contributed by atoms with Crippen LogP contribution in [0.25, 0.3) is 0 Å². The van der Waals surface area contributed by atoms with Gasteiger partial charge in [-0.3, -0.25) is 0 Å². The van der Waals surface area contributed by atoms with Crippen LogP contribution in [0.1, 0.15) is 64.7 Å². The normalized spacial score (nSPS) is 11.1. The van der Waals surface area contributed by atoms with Crippen LogP contribution in [0.15, 0.2) is 12.3 Å². The molecule has 0 aliphatic heterocycles. The fourth-order valence-electron chi connectivity index (χ4n) is 1.64. The van der Waals surface area contributed by atoms with Crippen LogP contribution in [-0.4, -0.2) is 13.9 Å². The maximum absolute atomic E-state index is 5.05. The summed E-state index contributed by atoms with van der Waals surface area (Å²) in [5.41, 5.74) is 0. The van der Waals surface area contributed by atoms with Gasteiger partial charge in [-0.25, -0.2) is 0 Å². The third-order valence-electron chi connectivity index (χ3n) is 2.60. The molecular formula is C14H28O2. The number of hydrogen-bond acceptors (Lipinski definition) is 2. The first-order valence-corrected chi connectivity index (χ1v) is 6.67. The van der Waals surface area contributed by atoms with Gasteiger partial charge >= 0.3 is 0 Å². The lowest BCUT2D eigenvalue weighted by molar-refractivity contribution is 0.0196. The molecule has 0 unspecified atom stereocenters. The molecule has 0 aliphatic carbocycles. The van der Waals surface area contributed by atoms with Crippen LogP contribution in [0.2, 0.25) is 0 Å². The van der Waals surface area contributed by atoms with Crippen LogP contribution < -0.4 is 0 Å². The van der Waals surface area contributed by atoms with E-state index in [2.05, 4.69) is 13.0 Å². The summed E-state index contributed by atoms with van der Waals surface area (Å²) in [5, 5.41) is 0. The molecule has 2 nitrogen and oxygen atoms in total. The highest BCUT2D eigenvalue weighted by Crippen LogP contribution is 2.09. The predicted octanol–water partition coefficient (Wildman–Crippen LogP) is 4.65. The zero-order valence-electron chi connectivity index (χ0n) is 11.0. The lowest BCUT2D eigenvalue weighted by Crippen LogP contribution is -1.87. The van der Waals surface area contributed by atoms with Crippen molar-refractivity contribution in [1.29, 1.82) is 0 Å². The monoisotopic (exact) mass is 228 g/mol. The van der Waals surface area contributed by atoms with Crippen molar-refractivity contribution < 1.29 is 9.47 Å². The molecule has 0 heterocycles. The zero-order chi connectivity index (χ0) is 11.9. The van der Waals surface area contributed by atoms with Gasteiger partial charge in [-0.15, -0.1) is 0 Å². The Morgan fingerprint density at radius 3 is 2.12 bits per heavy atom. The Balaban J connectivity index is 2.95. The smallest absolute Gasteiger partial charge is 0.187 e. The van der Waals surface area contributed by atoms with Crippen molar-refractivity contribution in [1.82, 2.24) is 0 Å². The van der Waals surface area contributed by atoms with Crippen molar-refractivity contribution in [3.05, 3.63) is 12.3 Å². The molecule has 0 fully saturated rings. The lowest BCUT2D eigenvalue weighted by atomic mass is 10.1. The number of hydrogen-bond donors (Lipinski definition) is 0. The minimum Gasteiger partial charge on any atom is -0.476 e. The van der Waals surface area contributed by atoms with Crippen LogP contribution in [0.5, 0.6) is 0 Å². The van der Waals surface area contributed by atoms with E-state index in [-0.39, 0.29) is 0 Å². The van der Waals surface area contributed by atoms with Crippen molar-refractivity contribution in [3.63, 3.8) is 0 Å².